The molecule has 0 bridgehead atoms. The summed E-state index contributed by atoms with van der Waals surface area (Å²) in [5.74, 6) is -1.04. The summed E-state index contributed by atoms with van der Waals surface area (Å²) >= 11 is 11.4. The minimum Gasteiger partial charge on any atom is -0.481 e. The average molecular weight is 233 g/mol. The highest BCUT2D eigenvalue weighted by Gasteiger charge is 2.11. The molecular weight excluding hydrogens is 227 g/mol. The lowest BCUT2D eigenvalue weighted by molar-refractivity contribution is -0.136. The number of carboxylic acid groups (broad SMARTS) is 1. The fraction of sp³-hybridized carbons (Fsp3) is 0.111. The molecule has 74 valence electrons. The van der Waals surface area contributed by atoms with Crippen LogP contribution < -0.4 is 0 Å². The molecule has 0 amide bonds. The molecule has 0 aliphatic rings. The minimum absolute atomic E-state index is 0.170. The van der Waals surface area contributed by atoms with Gasteiger partial charge in [-0.25, -0.2) is 0 Å². The molecule has 14 heavy (non-hydrogen) atoms. The van der Waals surface area contributed by atoms with Crippen LogP contribution >= 0.6 is 23.2 Å². The smallest absolute Gasteiger partial charge is 0.307 e. The molecule has 0 saturated carbocycles. The van der Waals surface area contributed by atoms with Crippen LogP contribution in [0.3, 0.4) is 0 Å². The third-order valence-corrected chi connectivity index (χ3v) is 2.17. The average Bonchev–Trinajstić information content (AvgIpc) is 2.01. The van der Waals surface area contributed by atoms with Gasteiger partial charge in [0, 0.05) is 10.6 Å². The number of benzene rings is 1. The van der Waals surface area contributed by atoms with Gasteiger partial charge in [0.25, 0.3) is 0 Å². The molecule has 3 nitrogen and oxygen atoms in total. The number of hydrogen-bond donors (Lipinski definition) is 1. The summed E-state index contributed by atoms with van der Waals surface area (Å²) in [6.07, 6.45) is 0.255. The first-order valence-electron chi connectivity index (χ1n) is 3.69. The van der Waals surface area contributed by atoms with Gasteiger partial charge in [-0.15, -0.1) is 0 Å². The van der Waals surface area contributed by atoms with Crippen molar-refractivity contribution in [3.8, 4) is 0 Å². The Morgan fingerprint density at radius 1 is 1.43 bits per heavy atom. The van der Waals surface area contributed by atoms with Crippen molar-refractivity contribution in [1.82, 2.24) is 0 Å². The van der Waals surface area contributed by atoms with Gasteiger partial charge in [-0.3, -0.25) is 9.59 Å². The van der Waals surface area contributed by atoms with Crippen molar-refractivity contribution < 1.29 is 14.7 Å². The number of hydrogen-bond acceptors (Lipinski definition) is 2. The van der Waals surface area contributed by atoms with E-state index in [9.17, 15) is 9.59 Å². The van der Waals surface area contributed by atoms with E-state index < -0.39 is 5.97 Å². The lowest BCUT2D eigenvalue weighted by Gasteiger charge is -2.04. The van der Waals surface area contributed by atoms with Crippen LogP contribution in [0.4, 0.5) is 0 Å². The first-order valence-corrected chi connectivity index (χ1v) is 4.45. The highest BCUT2D eigenvalue weighted by molar-refractivity contribution is 6.36. The molecule has 5 heteroatoms. The summed E-state index contributed by atoms with van der Waals surface area (Å²) in [6, 6.07) is 2.82. The Hall–Kier alpha value is -1.06. The van der Waals surface area contributed by atoms with Crippen LogP contribution in [0.1, 0.15) is 15.9 Å². The third-order valence-electron chi connectivity index (χ3n) is 1.64. The van der Waals surface area contributed by atoms with E-state index >= 15 is 0 Å². The van der Waals surface area contributed by atoms with Gasteiger partial charge in [0.2, 0.25) is 0 Å². The molecule has 0 aromatic heterocycles. The Balaban J connectivity index is 3.24. The normalized spacial score (nSPS) is 9.86. The zero-order valence-electron chi connectivity index (χ0n) is 6.96. The standard InChI is InChI=1S/C9H6Cl2O3/c10-6-1-5(2-9(13)14)7(4-12)8(11)3-6/h1,3-4H,2H2,(H,13,14). The number of rotatable bonds is 3. The topological polar surface area (TPSA) is 54.4 Å². The number of carbonyl (C=O) groups excluding carboxylic acids is 1. The quantitative estimate of drug-likeness (QED) is 0.815. The fourth-order valence-corrected chi connectivity index (χ4v) is 1.66. The van der Waals surface area contributed by atoms with Crippen molar-refractivity contribution in [3.05, 3.63) is 33.3 Å². The Morgan fingerprint density at radius 3 is 2.57 bits per heavy atom. The molecule has 0 atom stereocenters. The number of carbonyl (C=O) groups is 2. The molecular formula is C9H6Cl2O3. The van der Waals surface area contributed by atoms with E-state index in [4.69, 9.17) is 28.3 Å². The van der Waals surface area contributed by atoms with Crippen molar-refractivity contribution in [2.24, 2.45) is 0 Å². The molecule has 1 aromatic carbocycles. The van der Waals surface area contributed by atoms with E-state index in [1.165, 1.54) is 12.1 Å². The van der Waals surface area contributed by atoms with Crippen LogP contribution in [-0.4, -0.2) is 17.4 Å². The number of aliphatic carboxylic acids is 1. The molecule has 0 unspecified atom stereocenters. The zero-order chi connectivity index (χ0) is 10.7. The SMILES string of the molecule is O=Cc1c(Cl)cc(Cl)cc1CC(=O)O. The number of carboxylic acids is 1. The van der Waals surface area contributed by atoms with Gasteiger partial charge in [-0.2, -0.15) is 0 Å². The van der Waals surface area contributed by atoms with Crippen LogP contribution in [0.15, 0.2) is 12.1 Å². The summed E-state index contributed by atoms with van der Waals surface area (Å²) in [5.41, 5.74) is 0.503. The van der Waals surface area contributed by atoms with Gasteiger partial charge >= 0.3 is 5.97 Å². The van der Waals surface area contributed by atoms with E-state index in [-0.39, 0.29) is 17.0 Å². The molecule has 0 spiro atoms. The van der Waals surface area contributed by atoms with Crippen LogP contribution in [0, 0.1) is 0 Å². The van der Waals surface area contributed by atoms with E-state index in [0.717, 1.165) is 0 Å². The molecule has 0 aliphatic heterocycles. The first-order chi connectivity index (χ1) is 6.54. The zero-order valence-corrected chi connectivity index (χ0v) is 8.47. The molecule has 0 saturated heterocycles. The molecule has 0 radical (unpaired) electrons. The Kier molecular flexibility index (Phi) is 3.49. The van der Waals surface area contributed by atoms with Crippen molar-refractivity contribution in [2.75, 3.05) is 0 Å². The van der Waals surface area contributed by atoms with Gasteiger partial charge < -0.3 is 5.11 Å². The van der Waals surface area contributed by atoms with Gasteiger partial charge in [0.1, 0.15) is 0 Å². The number of halogens is 2. The van der Waals surface area contributed by atoms with Crippen molar-refractivity contribution in [1.29, 1.82) is 0 Å². The van der Waals surface area contributed by atoms with Gasteiger partial charge in [-0.05, 0) is 17.7 Å². The summed E-state index contributed by atoms with van der Waals surface area (Å²) in [4.78, 5) is 21.1. The Labute approximate surface area is 90.3 Å². The molecule has 1 rings (SSSR count). The Morgan fingerprint density at radius 2 is 2.07 bits per heavy atom. The largest absolute Gasteiger partial charge is 0.481 e. The minimum atomic E-state index is -1.04. The fourth-order valence-electron chi connectivity index (χ4n) is 1.08. The van der Waals surface area contributed by atoms with Crippen LogP contribution in [0.5, 0.6) is 0 Å². The van der Waals surface area contributed by atoms with Gasteiger partial charge in [0.15, 0.2) is 6.29 Å². The molecule has 0 aliphatic carbocycles. The number of aldehydes is 1. The maximum atomic E-state index is 10.6. The predicted molar refractivity (Wildman–Crippen MR) is 53.2 cm³/mol. The van der Waals surface area contributed by atoms with E-state index in [1.54, 1.807) is 0 Å². The third kappa shape index (κ3) is 2.47. The van der Waals surface area contributed by atoms with E-state index in [0.29, 0.717) is 16.9 Å². The van der Waals surface area contributed by atoms with Crippen LogP contribution in [0.25, 0.3) is 0 Å². The van der Waals surface area contributed by atoms with Crippen molar-refractivity contribution >= 4 is 35.5 Å². The maximum absolute atomic E-state index is 10.6. The van der Waals surface area contributed by atoms with Crippen LogP contribution in [0.2, 0.25) is 10.0 Å². The van der Waals surface area contributed by atoms with E-state index in [1.807, 2.05) is 0 Å². The predicted octanol–water partition coefficient (Wildman–Crippen LogP) is 2.43. The summed E-state index contributed by atoms with van der Waals surface area (Å²) in [5, 5.41) is 9.05. The second-order valence-corrected chi connectivity index (χ2v) is 3.49. The molecule has 1 N–H and O–H groups in total. The molecule has 0 fully saturated rings. The lowest BCUT2D eigenvalue weighted by atomic mass is 10.1. The van der Waals surface area contributed by atoms with E-state index in [2.05, 4.69) is 0 Å². The summed E-state index contributed by atoms with van der Waals surface area (Å²) in [6.45, 7) is 0. The highest BCUT2D eigenvalue weighted by atomic mass is 35.5. The maximum Gasteiger partial charge on any atom is 0.307 e. The molecule has 1 aromatic rings. The molecule has 0 heterocycles. The van der Waals surface area contributed by atoms with Crippen molar-refractivity contribution in [3.63, 3.8) is 0 Å². The van der Waals surface area contributed by atoms with Crippen LogP contribution in [-0.2, 0) is 11.2 Å². The second-order valence-electron chi connectivity index (χ2n) is 2.65. The van der Waals surface area contributed by atoms with Crippen molar-refractivity contribution in [2.45, 2.75) is 6.42 Å². The Bertz CT molecular complexity index is 388. The van der Waals surface area contributed by atoms with Gasteiger partial charge in [-0.1, -0.05) is 23.2 Å². The first kappa shape index (κ1) is 11.0. The monoisotopic (exact) mass is 232 g/mol. The lowest BCUT2D eigenvalue weighted by Crippen LogP contribution is -2.03. The summed E-state index contributed by atoms with van der Waals surface area (Å²) < 4.78 is 0. The van der Waals surface area contributed by atoms with Gasteiger partial charge in [0.05, 0.1) is 11.4 Å². The second kappa shape index (κ2) is 4.44. The highest BCUT2D eigenvalue weighted by Crippen LogP contribution is 2.24. The summed E-state index contributed by atoms with van der Waals surface area (Å²) in [7, 11) is 0.